The summed E-state index contributed by atoms with van der Waals surface area (Å²) in [6, 6.07) is 14.1. The van der Waals surface area contributed by atoms with E-state index in [9.17, 15) is 8.42 Å². The van der Waals surface area contributed by atoms with Gasteiger partial charge in [-0.2, -0.15) is 0 Å². The van der Waals surface area contributed by atoms with Crippen molar-refractivity contribution in [2.24, 2.45) is 0 Å². The quantitative estimate of drug-likeness (QED) is 0.697. The lowest BCUT2D eigenvalue weighted by Crippen LogP contribution is -2.30. The molecule has 1 unspecified atom stereocenters. The van der Waals surface area contributed by atoms with Gasteiger partial charge in [-0.05, 0) is 36.8 Å². The molecular weight excluding hydrogens is 394 g/mol. The van der Waals surface area contributed by atoms with Crippen LogP contribution in [0.3, 0.4) is 0 Å². The molecule has 2 aromatic carbocycles. The second-order valence-electron chi connectivity index (χ2n) is 5.30. The Kier molecular flexibility index (Phi) is 6.94. The topological polar surface area (TPSA) is 75.6 Å². The largest absolute Gasteiger partial charge is 0.394 e. The third kappa shape index (κ3) is 5.39. The zero-order chi connectivity index (χ0) is 17.6. The zero-order valence-electron chi connectivity index (χ0n) is 13.3. The number of nitrogens with one attached hydrogen (secondary N) is 1. The molecule has 7 heteroatoms. The van der Waals surface area contributed by atoms with Crippen LogP contribution in [0.15, 0.2) is 57.9 Å². The maximum Gasteiger partial charge on any atom is 0.240 e. The highest BCUT2D eigenvalue weighted by Gasteiger charge is 2.18. The molecule has 0 fully saturated rings. The van der Waals surface area contributed by atoms with Crippen LogP contribution < -0.4 is 4.72 Å². The van der Waals surface area contributed by atoms with Crippen LogP contribution in [-0.4, -0.2) is 33.3 Å². The summed E-state index contributed by atoms with van der Waals surface area (Å²) in [5.41, 5.74) is 1.96. The first-order chi connectivity index (χ1) is 11.4. The minimum atomic E-state index is -3.63. The van der Waals surface area contributed by atoms with E-state index in [2.05, 4.69) is 20.7 Å². The van der Waals surface area contributed by atoms with Crippen LogP contribution in [-0.2, 0) is 14.8 Å². The fraction of sp³-hybridized carbons (Fsp3) is 0.294. The van der Waals surface area contributed by atoms with Gasteiger partial charge in [0.25, 0.3) is 0 Å². The maximum atomic E-state index is 12.4. The van der Waals surface area contributed by atoms with E-state index < -0.39 is 16.1 Å². The molecule has 0 aliphatic rings. The van der Waals surface area contributed by atoms with Gasteiger partial charge >= 0.3 is 0 Å². The molecule has 2 rings (SSSR count). The highest BCUT2D eigenvalue weighted by molar-refractivity contribution is 9.10. The molecule has 2 N–H and O–H groups in total. The first-order valence-corrected chi connectivity index (χ1v) is 9.74. The fourth-order valence-corrected chi connectivity index (χ4v) is 3.43. The number of halogens is 1. The van der Waals surface area contributed by atoms with Crippen molar-refractivity contribution in [1.82, 2.24) is 4.72 Å². The molecule has 1 atom stereocenters. The average molecular weight is 414 g/mol. The van der Waals surface area contributed by atoms with E-state index in [0.717, 1.165) is 15.6 Å². The normalized spacial score (nSPS) is 13.0. The van der Waals surface area contributed by atoms with E-state index in [1.165, 1.54) is 12.1 Å². The molecule has 2 aromatic rings. The van der Waals surface area contributed by atoms with Crippen molar-refractivity contribution in [2.45, 2.75) is 17.9 Å². The van der Waals surface area contributed by atoms with Gasteiger partial charge in [-0.1, -0.05) is 45.8 Å². The summed E-state index contributed by atoms with van der Waals surface area (Å²) in [7, 11) is -3.63. The van der Waals surface area contributed by atoms with Crippen LogP contribution in [0.4, 0.5) is 0 Å². The Bertz CT molecular complexity index is 745. The SMILES string of the molecule is Cc1ccc(C(CNS(=O)(=O)c2ccc(Br)cc2)OCCO)cc1. The van der Waals surface area contributed by atoms with Gasteiger partial charge in [0.15, 0.2) is 0 Å². The summed E-state index contributed by atoms with van der Waals surface area (Å²) < 4.78 is 33.7. The van der Waals surface area contributed by atoms with Gasteiger partial charge < -0.3 is 9.84 Å². The van der Waals surface area contributed by atoms with Crippen LogP contribution >= 0.6 is 15.9 Å². The molecule has 0 radical (unpaired) electrons. The second-order valence-corrected chi connectivity index (χ2v) is 7.98. The number of aliphatic hydroxyl groups excluding tert-OH is 1. The Hall–Kier alpha value is -1.25. The molecule has 0 bridgehead atoms. The fourth-order valence-electron chi connectivity index (χ4n) is 2.13. The van der Waals surface area contributed by atoms with Crippen molar-refractivity contribution in [3.05, 3.63) is 64.1 Å². The average Bonchev–Trinajstić information content (AvgIpc) is 2.56. The number of ether oxygens (including phenoxy) is 1. The third-order valence-electron chi connectivity index (χ3n) is 3.44. The monoisotopic (exact) mass is 413 g/mol. The number of hydrogen-bond donors (Lipinski definition) is 2. The van der Waals surface area contributed by atoms with Crippen molar-refractivity contribution in [2.75, 3.05) is 19.8 Å². The number of benzene rings is 2. The molecule has 0 aliphatic carbocycles. The number of rotatable bonds is 8. The van der Waals surface area contributed by atoms with Gasteiger partial charge in [0.1, 0.15) is 0 Å². The molecule has 0 heterocycles. The minimum absolute atomic E-state index is 0.0848. The molecule has 24 heavy (non-hydrogen) atoms. The Morgan fingerprint density at radius 3 is 2.33 bits per heavy atom. The minimum Gasteiger partial charge on any atom is -0.394 e. The Balaban J connectivity index is 2.11. The Labute approximate surface area is 150 Å². The van der Waals surface area contributed by atoms with Crippen LogP contribution in [0.25, 0.3) is 0 Å². The number of sulfonamides is 1. The van der Waals surface area contributed by atoms with Crippen molar-refractivity contribution >= 4 is 26.0 Å². The lowest BCUT2D eigenvalue weighted by molar-refractivity contribution is 0.0309. The van der Waals surface area contributed by atoms with Gasteiger partial charge in [0.2, 0.25) is 10.0 Å². The molecule has 0 aliphatic heterocycles. The number of hydrogen-bond acceptors (Lipinski definition) is 4. The van der Waals surface area contributed by atoms with Crippen molar-refractivity contribution in [1.29, 1.82) is 0 Å². The smallest absolute Gasteiger partial charge is 0.240 e. The summed E-state index contributed by atoms with van der Waals surface area (Å²) >= 11 is 3.28. The molecule has 0 saturated heterocycles. The first kappa shape index (κ1) is 19.1. The van der Waals surface area contributed by atoms with Crippen LogP contribution in [0.5, 0.6) is 0 Å². The van der Waals surface area contributed by atoms with Gasteiger partial charge in [-0.15, -0.1) is 0 Å². The van der Waals surface area contributed by atoms with E-state index >= 15 is 0 Å². The van der Waals surface area contributed by atoms with Crippen molar-refractivity contribution in [3.63, 3.8) is 0 Å². The molecule has 0 aromatic heterocycles. The molecule has 0 spiro atoms. The highest BCUT2D eigenvalue weighted by Crippen LogP contribution is 2.19. The number of aryl methyl sites for hydroxylation is 1. The summed E-state index contributed by atoms with van der Waals surface area (Å²) in [6.07, 6.45) is -0.469. The summed E-state index contributed by atoms with van der Waals surface area (Å²) in [6.45, 7) is 2.07. The van der Waals surface area contributed by atoms with E-state index in [-0.39, 0.29) is 24.7 Å². The molecule has 130 valence electrons. The first-order valence-electron chi connectivity index (χ1n) is 7.46. The Morgan fingerprint density at radius 2 is 1.75 bits per heavy atom. The highest BCUT2D eigenvalue weighted by atomic mass is 79.9. The standard InChI is InChI=1S/C17H20BrNO4S/c1-13-2-4-14(5-3-13)17(23-11-10-20)12-19-24(21,22)16-8-6-15(18)7-9-16/h2-9,17,19-20H,10-12H2,1H3. The summed E-state index contributed by atoms with van der Waals surface area (Å²) in [4.78, 5) is 0.190. The summed E-state index contributed by atoms with van der Waals surface area (Å²) in [5, 5.41) is 8.97. The van der Waals surface area contributed by atoms with Crippen LogP contribution in [0.1, 0.15) is 17.2 Å². The van der Waals surface area contributed by atoms with Gasteiger partial charge in [0, 0.05) is 11.0 Å². The molecule has 0 saturated carbocycles. The Morgan fingerprint density at radius 1 is 1.12 bits per heavy atom. The van der Waals surface area contributed by atoms with Crippen LogP contribution in [0, 0.1) is 6.92 Å². The lowest BCUT2D eigenvalue weighted by atomic mass is 10.1. The number of aliphatic hydroxyl groups is 1. The summed E-state index contributed by atoms with van der Waals surface area (Å²) in [5.74, 6) is 0. The molecule has 5 nitrogen and oxygen atoms in total. The third-order valence-corrected chi connectivity index (χ3v) is 5.41. The lowest BCUT2D eigenvalue weighted by Gasteiger charge is -2.19. The van der Waals surface area contributed by atoms with Crippen molar-refractivity contribution in [3.8, 4) is 0 Å². The van der Waals surface area contributed by atoms with E-state index in [1.807, 2.05) is 31.2 Å². The van der Waals surface area contributed by atoms with Gasteiger partial charge in [-0.25, -0.2) is 13.1 Å². The van der Waals surface area contributed by atoms with Gasteiger partial charge in [-0.3, -0.25) is 0 Å². The molecule has 0 amide bonds. The zero-order valence-corrected chi connectivity index (χ0v) is 15.7. The van der Waals surface area contributed by atoms with Gasteiger partial charge in [0.05, 0.1) is 24.2 Å². The maximum absolute atomic E-state index is 12.4. The predicted octanol–water partition coefficient (Wildman–Crippen LogP) is 2.79. The second kappa shape index (κ2) is 8.73. The predicted molar refractivity (Wildman–Crippen MR) is 96.3 cm³/mol. The van der Waals surface area contributed by atoms with E-state index in [0.29, 0.717) is 0 Å². The van der Waals surface area contributed by atoms with Crippen molar-refractivity contribution < 1.29 is 18.3 Å². The van der Waals surface area contributed by atoms with E-state index in [4.69, 9.17) is 9.84 Å². The molecular formula is C17H20BrNO4S. The van der Waals surface area contributed by atoms with Crippen LogP contribution in [0.2, 0.25) is 0 Å². The van der Waals surface area contributed by atoms with E-state index in [1.54, 1.807) is 12.1 Å².